The maximum Gasteiger partial charge on any atom is 0.231 e. The summed E-state index contributed by atoms with van der Waals surface area (Å²) >= 11 is 3.52. The molecule has 19 heavy (non-hydrogen) atoms. The first-order valence-corrected chi connectivity index (χ1v) is 7.22. The van der Waals surface area contributed by atoms with Crippen LogP contribution in [0, 0.1) is 0 Å². The average Bonchev–Trinajstić information content (AvgIpc) is 2.88. The third kappa shape index (κ3) is 3.42. The molecule has 0 aliphatic carbocycles. The summed E-state index contributed by atoms with van der Waals surface area (Å²) in [6.45, 7) is 4.07. The van der Waals surface area contributed by atoms with E-state index in [-0.39, 0.29) is 12.0 Å². The maximum absolute atomic E-state index is 6.00. The Labute approximate surface area is 121 Å². The smallest absolute Gasteiger partial charge is 0.231 e. The van der Waals surface area contributed by atoms with Gasteiger partial charge in [0, 0.05) is 16.9 Å². The molecule has 2 unspecified atom stereocenters. The van der Waals surface area contributed by atoms with E-state index in [1.807, 2.05) is 31.2 Å². The highest BCUT2D eigenvalue weighted by atomic mass is 79.9. The number of benzene rings is 1. The topological polar surface area (TPSA) is 64.9 Å². The van der Waals surface area contributed by atoms with E-state index in [4.69, 9.17) is 10.3 Å². The van der Waals surface area contributed by atoms with Gasteiger partial charge in [0.05, 0.1) is 5.92 Å². The second kappa shape index (κ2) is 6.30. The number of aromatic nitrogens is 2. The average molecular weight is 324 g/mol. The molecule has 2 atom stereocenters. The molecule has 0 bridgehead atoms. The second-order valence-electron chi connectivity index (χ2n) is 4.68. The van der Waals surface area contributed by atoms with Gasteiger partial charge in [-0.3, -0.25) is 0 Å². The largest absolute Gasteiger partial charge is 0.339 e. The predicted molar refractivity (Wildman–Crippen MR) is 77.9 cm³/mol. The number of nitrogens with zero attached hydrogens (tertiary/aromatic N) is 2. The number of halogens is 1. The van der Waals surface area contributed by atoms with E-state index in [1.165, 1.54) is 0 Å². The van der Waals surface area contributed by atoms with Crippen LogP contribution in [0.1, 0.15) is 43.5 Å². The lowest BCUT2D eigenvalue weighted by molar-refractivity contribution is 0.337. The van der Waals surface area contributed by atoms with E-state index in [0.29, 0.717) is 18.1 Å². The minimum Gasteiger partial charge on any atom is -0.339 e. The highest BCUT2D eigenvalue weighted by molar-refractivity contribution is 9.10. The van der Waals surface area contributed by atoms with Crippen LogP contribution in [0.5, 0.6) is 0 Å². The van der Waals surface area contributed by atoms with Gasteiger partial charge < -0.3 is 10.3 Å². The van der Waals surface area contributed by atoms with Crippen molar-refractivity contribution in [2.75, 3.05) is 0 Å². The molecule has 2 aromatic rings. The van der Waals surface area contributed by atoms with Crippen molar-refractivity contribution in [3.8, 4) is 0 Å². The van der Waals surface area contributed by atoms with Crippen molar-refractivity contribution < 1.29 is 4.52 Å². The fourth-order valence-corrected chi connectivity index (χ4v) is 2.30. The Morgan fingerprint density at radius 2 is 2.11 bits per heavy atom. The summed E-state index contributed by atoms with van der Waals surface area (Å²) in [6, 6.07) is 8.08. The Morgan fingerprint density at radius 3 is 2.79 bits per heavy atom. The van der Waals surface area contributed by atoms with Crippen molar-refractivity contribution >= 4 is 15.9 Å². The van der Waals surface area contributed by atoms with Crippen molar-refractivity contribution in [3.63, 3.8) is 0 Å². The van der Waals surface area contributed by atoms with Crippen LogP contribution in [0.4, 0.5) is 0 Å². The van der Waals surface area contributed by atoms with Gasteiger partial charge in [-0.05, 0) is 18.1 Å². The Balaban J connectivity index is 2.12. The quantitative estimate of drug-likeness (QED) is 0.917. The summed E-state index contributed by atoms with van der Waals surface area (Å²) in [5.41, 5.74) is 7.14. The highest BCUT2D eigenvalue weighted by Gasteiger charge is 2.20. The third-order valence-electron chi connectivity index (χ3n) is 3.29. The van der Waals surface area contributed by atoms with Crippen molar-refractivity contribution in [1.29, 1.82) is 0 Å². The van der Waals surface area contributed by atoms with E-state index in [9.17, 15) is 0 Å². The fraction of sp³-hybridized carbons (Fsp3) is 0.429. The molecule has 0 fully saturated rings. The normalized spacial score (nSPS) is 14.3. The molecular formula is C14H18BrN3O. The van der Waals surface area contributed by atoms with E-state index < -0.39 is 0 Å². The van der Waals surface area contributed by atoms with Crippen molar-refractivity contribution in [1.82, 2.24) is 10.1 Å². The molecule has 1 aromatic heterocycles. The van der Waals surface area contributed by atoms with Crippen LogP contribution in [-0.4, -0.2) is 16.2 Å². The predicted octanol–water partition coefficient (Wildman–Crippen LogP) is 3.26. The minimum absolute atomic E-state index is 0.0526. The third-order valence-corrected chi connectivity index (χ3v) is 4.07. The van der Waals surface area contributed by atoms with Gasteiger partial charge in [0.1, 0.15) is 0 Å². The molecule has 0 spiro atoms. The standard InChI is InChI=1S/C14H18BrN3O/c1-3-12(16)9(2)14-17-13(18-19-14)8-10-6-4-5-7-11(10)15/h4-7,9,12H,3,8,16H2,1-2H3. The van der Waals surface area contributed by atoms with Gasteiger partial charge >= 0.3 is 0 Å². The van der Waals surface area contributed by atoms with Crippen molar-refractivity contribution in [3.05, 3.63) is 46.0 Å². The van der Waals surface area contributed by atoms with E-state index in [2.05, 4.69) is 33.0 Å². The van der Waals surface area contributed by atoms with E-state index in [0.717, 1.165) is 16.5 Å². The lowest BCUT2D eigenvalue weighted by Crippen LogP contribution is -2.25. The van der Waals surface area contributed by atoms with Crippen molar-refractivity contribution in [2.24, 2.45) is 5.73 Å². The maximum atomic E-state index is 6.00. The fourth-order valence-electron chi connectivity index (χ4n) is 1.87. The Bertz CT molecular complexity index is 541. The molecule has 0 aliphatic rings. The molecule has 102 valence electrons. The van der Waals surface area contributed by atoms with Gasteiger partial charge in [0.15, 0.2) is 5.82 Å². The molecule has 0 saturated carbocycles. The zero-order valence-corrected chi connectivity index (χ0v) is 12.7. The van der Waals surface area contributed by atoms with E-state index >= 15 is 0 Å². The summed E-state index contributed by atoms with van der Waals surface area (Å²) in [7, 11) is 0. The molecule has 0 amide bonds. The summed E-state index contributed by atoms with van der Waals surface area (Å²) < 4.78 is 6.36. The van der Waals surface area contributed by atoms with Crippen LogP contribution < -0.4 is 5.73 Å². The molecule has 2 rings (SSSR count). The zero-order chi connectivity index (χ0) is 13.8. The molecule has 0 aliphatic heterocycles. The van der Waals surface area contributed by atoms with Crippen LogP contribution in [0.15, 0.2) is 33.3 Å². The van der Waals surface area contributed by atoms with Gasteiger partial charge in [-0.25, -0.2) is 0 Å². The Morgan fingerprint density at radius 1 is 1.37 bits per heavy atom. The Hall–Kier alpha value is -1.20. The number of hydrogen-bond acceptors (Lipinski definition) is 4. The van der Waals surface area contributed by atoms with E-state index in [1.54, 1.807) is 0 Å². The number of nitrogens with two attached hydrogens (primary N) is 1. The summed E-state index contributed by atoms with van der Waals surface area (Å²) in [5.74, 6) is 1.40. The SMILES string of the molecule is CCC(N)C(C)c1nc(Cc2ccccc2Br)no1. The molecule has 1 heterocycles. The monoisotopic (exact) mass is 323 g/mol. The summed E-state index contributed by atoms with van der Waals surface area (Å²) in [4.78, 5) is 4.44. The number of hydrogen-bond donors (Lipinski definition) is 1. The van der Waals surface area contributed by atoms with Crippen LogP contribution in [-0.2, 0) is 6.42 Å². The first kappa shape index (κ1) is 14.2. The number of rotatable bonds is 5. The highest BCUT2D eigenvalue weighted by Crippen LogP contribution is 2.21. The molecule has 2 N–H and O–H groups in total. The van der Waals surface area contributed by atoms with Gasteiger partial charge in [-0.2, -0.15) is 4.98 Å². The van der Waals surface area contributed by atoms with Crippen LogP contribution >= 0.6 is 15.9 Å². The van der Waals surface area contributed by atoms with Gasteiger partial charge in [-0.1, -0.05) is 53.1 Å². The van der Waals surface area contributed by atoms with Crippen LogP contribution in [0.2, 0.25) is 0 Å². The lowest BCUT2D eigenvalue weighted by Gasteiger charge is -2.13. The minimum atomic E-state index is 0.0526. The molecule has 4 nitrogen and oxygen atoms in total. The molecule has 0 radical (unpaired) electrons. The second-order valence-corrected chi connectivity index (χ2v) is 5.53. The molecule has 0 saturated heterocycles. The van der Waals surface area contributed by atoms with Crippen LogP contribution in [0.25, 0.3) is 0 Å². The lowest BCUT2D eigenvalue weighted by atomic mass is 10.0. The molecular weight excluding hydrogens is 306 g/mol. The van der Waals surface area contributed by atoms with Gasteiger partial charge in [0.2, 0.25) is 5.89 Å². The van der Waals surface area contributed by atoms with Gasteiger partial charge in [-0.15, -0.1) is 0 Å². The molecule has 1 aromatic carbocycles. The van der Waals surface area contributed by atoms with Crippen molar-refractivity contribution in [2.45, 2.75) is 38.6 Å². The Kier molecular flexibility index (Phi) is 4.71. The zero-order valence-electron chi connectivity index (χ0n) is 11.1. The van der Waals surface area contributed by atoms with Crippen LogP contribution in [0.3, 0.4) is 0 Å². The molecule has 5 heteroatoms. The first-order valence-electron chi connectivity index (χ1n) is 6.43. The van der Waals surface area contributed by atoms with Gasteiger partial charge in [0.25, 0.3) is 0 Å². The summed E-state index contributed by atoms with van der Waals surface area (Å²) in [5, 5.41) is 4.03. The summed E-state index contributed by atoms with van der Waals surface area (Å²) in [6.07, 6.45) is 1.54. The first-order chi connectivity index (χ1) is 9.11.